The molecule has 0 aliphatic heterocycles. The highest BCUT2D eigenvalue weighted by molar-refractivity contribution is 5.61. The summed E-state index contributed by atoms with van der Waals surface area (Å²) >= 11 is 0. The molecule has 0 fully saturated rings. The van der Waals surface area contributed by atoms with Gasteiger partial charge in [-0.2, -0.15) is 0 Å². The highest BCUT2D eigenvalue weighted by atomic mass is 19.2. The quantitative estimate of drug-likeness (QED) is 0.687. The summed E-state index contributed by atoms with van der Waals surface area (Å²) in [6.07, 6.45) is 1.20. The molecule has 0 radical (unpaired) electrons. The molecule has 94 valence electrons. The first-order valence-electron chi connectivity index (χ1n) is 8.33. The van der Waals surface area contributed by atoms with Gasteiger partial charge in [-0.05, 0) is 43.9 Å². The van der Waals surface area contributed by atoms with Crippen LogP contribution in [0.15, 0.2) is 24.4 Å². The van der Waals surface area contributed by atoms with E-state index in [-0.39, 0.29) is 16.8 Å². The van der Waals surface area contributed by atoms with Crippen molar-refractivity contribution < 1.29 is 21.6 Å². The summed E-state index contributed by atoms with van der Waals surface area (Å²) in [5.41, 5.74) is 0.348. The lowest BCUT2D eigenvalue weighted by Crippen LogP contribution is -2.31. The fourth-order valence-electron chi connectivity index (χ4n) is 1.84. The average molecular weight is 254 g/mol. The highest BCUT2D eigenvalue weighted by Crippen LogP contribution is 2.24. The Hall–Kier alpha value is -1.77. The number of benzene rings is 1. The molecule has 0 aliphatic carbocycles. The Labute approximate surface area is 114 Å². The predicted octanol–water partition coefficient (Wildman–Crippen LogP) is 3.38. The Morgan fingerprint density at radius 1 is 1.00 bits per heavy atom. The summed E-state index contributed by atoms with van der Waals surface area (Å²) in [5.74, 6) is -2.07. The van der Waals surface area contributed by atoms with Crippen LogP contribution in [0, 0.1) is 32.3 Å². The lowest BCUT2D eigenvalue weighted by Gasteiger charge is -2.07. The number of rotatable bonds is 1. The van der Waals surface area contributed by atoms with Gasteiger partial charge < -0.3 is 0 Å². The molecule has 0 atom stereocenters. The van der Waals surface area contributed by atoms with Crippen LogP contribution in [-0.4, -0.2) is 0 Å². The fourth-order valence-corrected chi connectivity index (χ4v) is 1.84. The van der Waals surface area contributed by atoms with Crippen molar-refractivity contribution in [2.45, 2.75) is 20.6 Å². The number of aromatic nitrogens is 1. The summed E-state index contributed by atoms with van der Waals surface area (Å²) in [6, 6.07) is 3.18. The lowest BCUT2D eigenvalue weighted by atomic mass is 10.0. The van der Waals surface area contributed by atoms with Gasteiger partial charge in [0.25, 0.3) is 0 Å². The molecule has 2 rings (SSSR count). The van der Waals surface area contributed by atoms with E-state index in [4.69, 9.17) is 8.22 Å². The summed E-state index contributed by atoms with van der Waals surface area (Å²) in [4.78, 5) is 0. The van der Waals surface area contributed by atoms with Gasteiger partial charge in [-0.15, -0.1) is 0 Å². The maximum absolute atomic E-state index is 13.6. The number of aryl methyl sites for hydroxylation is 4. The van der Waals surface area contributed by atoms with Crippen molar-refractivity contribution in [2.75, 3.05) is 0 Å². The SMILES string of the molecule is [2H]C([2H])([2H])c1cc(-c2cc(F)c(F)cc2C)[n+](C)cc1C([2H])([2H])[2H]. The van der Waals surface area contributed by atoms with Crippen LogP contribution in [0.1, 0.15) is 24.9 Å². The van der Waals surface area contributed by atoms with Crippen molar-refractivity contribution in [3.05, 3.63) is 52.7 Å². The number of hydrogen-bond acceptors (Lipinski definition) is 0. The molecule has 0 aliphatic rings. The van der Waals surface area contributed by atoms with Crippen LogP contribution in [-0.2, 0) is 7.05 Å². The summed E-state index contributed by atoms with van der Waals surface area (Å²) in [6.45, 7) is -3.70. The van der Waals surface area contributed by atoms with E-state index in [2.05, 4.69) is 0 Å². The molecule has 0 saturated carbocycles. The lowest BCUT2D eigenvalue weighted by molar-refractivity contribution is -0.660. The first-order valence-corrected chi connectivity index (χ1v) is 5.33. The third-order valence-electron chi connectivity index (χ3n) is 2.82. The van der Waals surface area contributed by atoms with Crippen LogP contribution >= 0.6 is 0 Å². The average Bonchev–Trinajstić information content (AvgIpc) is 2.40. The summed E-state index contributed by atoms with van der Waals surface area (Å²) in [7, 11) is 1.52. The third kappa shape index (κ3) is 2.13. The molecule has 2 aromatic rings. The van der Waals surface area contributed by atoms with Gasteiger partial charge in [-0.1, -0.05) is 0 Å². The number of pyridine rings is 1. The maximum Gasteiger partial charge on any atom is 0.212 e. The van der Waals surface area contributed by atoms with Crippen LogP contribution < -0.4 is 4.57 Å². The van der Waals surface area contributed by atoms with Crippen molar-refractivity contribution in [3.8, 4) is 11.3 Å². The van der Waals surface area contributed by atoms with Gasteiger partial charge in [0.15, 0.2) is 17.8 Å². The highest BCUT2D eigenvalue weighted by Gasteiger charge is 2.17. The van der Waals surface area contributed by atoms with Gasteiger partial charge >= 0.3 is 0 Å². The molecule has 1 aromatic heterocycles. The van der Waals surface area contributed by atoms with Crippen molar-refractivity contribution in [1.29, 1.82) is 0 Å². The minimum absolute atomic E-state index is 0.283. The van der Waals surface area contributed by atoms with Gasteiger partial charge in [0, 0.05) is 19.9 Å². The van der Waals surface area contributed by atoms with Crippen LogP contribution in [0.5, 0.6) is 0 Å². The second-order valence-electron chi connectivity index (χ2n) is 4.18. The molecule has 0 bridgehead atoms. The van der Waals surface area contributed by atoms with E-state index in [1.165, 1.54) is 23.9 Å². The van der Waals surface area contributed by atoms with E-state index in [1.807, 2.05) is 0 Å². The van der Waals surface area contributed by atoms with Gasteiger partial charge in [0.1, 0.15) is 7.05 Å². The van der Waals surface area contributed by atoms with Crippen LogP contribution in [0.3, 0.4) is 0 Å². The minimum atomic E-state index is -2.65. The minimum Gasteiger partial charge on any atom is -0.204 e. The molecule has 0 spiro atoms. The normalized spacial score (nSPS) is 17.1. The van der Waals surface area contributed by atoms with Crippen LogP contribution in [0.4, 0.5) is 8.78 Å². The van der Waals surface area contributed by atoms with Crippen molar-refractivity contribution >= 4 is 0 Å². The van der Waals surface area contributed by atoms with Crippen molar-refractivity contribution in [3.63, 3.8) is 0 Å². The van der Waals surface area contributed by atoms with E-state index in [1.54, 1.807) is 6.92 Å². The largest absolute Gasteiger partial charge is 0.212 e. The summed E-state index contributed by atoms with van der Waals surface area (Å²) in [5, 5.41) is 0. The molecule has 0 N–H and O–H groups in total. The number of halogens is 2. The third-order valence-corrected chi connectivity index (χ3v) is 2.82. The molecule has 3 heteroatoms. The van der Waals surface area contributed by atoms with Crippen molar-refractivity contribution in [2.24, 2.45) is 7.05 Å². The topological polar surface area (TPSA) is 3.88 Å². The molecule has 1 aromatic carbocycles. The summed E-state index contributed by atoms with van der Waals surface area (Å²) < 4.78 is 73.7. The number of hydrogen-bond donors (Lipinski definition) is 0. The first-order chi connectivity index (χ1) is 10.8. The molecule has 1 heterocycles. The first kappa shape index (κ1) is 6.98. The monoisotopic (exact) mass is 254 g/mol. The Kier molecular flexibility index (Phi) is 1.74. The molecule has 0 amide bonds. The van der Waals surface area contributed by atoms with Gasteiger partial charge in [0.2, 0.25) is 5.69 Å². The Balaban J connectivity index is 2.81. The van der Waals surface area contributed by atoms with Gasteiger partial charge in [-0.25, -0.2) is 13.3 Å². The second-order valence-corrected chi connectivity index (χ2v) is 4.18. The zero-order valence-electron chi connectivity index (χ0n) is 16.0. The number of nitrogens with zero attached hydrogens (tertiary/aromatic N) is 1. The zero-order chi connectivity index (χ0) is 18.4. The standard InChI is InChI=1S/C15H16F2N/c1-9-6-15(18(4)8-11(9)3)12-7-14(17)13(16)5-10(12)2/h5-8H,1-4H3/q+1/i1D3,3D3. The van der Waals surface area contributed by atoms with Crippen molar-refractivity contribution in [1.82, 2.24) is 0 Å². The zero-order valence-corrected chi connectivity index (χ0v) is 10.0. The van der Waals surface area contributed by atoms with E-state index >= 15 is 0 Å². The molecular formula is C15H16F2N+. The van der Waals surface area contributed by atoms with E-state index in [9.17, 15) is 8.78 Å². The van der Waals surface area contributed by atoms with Crippen LogP contribution in [0.25, 0.3) is 11.3 Å². The molecule has 1 nitrogen and oxygen atoms in total. The molecule has 18 heavy (non-hydrogen) atoms. The Morgan fingerprint density at radius 3 is 2.33 bits per heavy atom. The van der Waals surface area contributed by atoms with E-state index in [0.717, 1.165) is 12.1 Å². The smallest absolute Gasteiger partial charge is 0.204 e. The van der Waals surface area contributed by atoms with Gasteiger partial charge in [0.05, 0.1) is 5.56 Å². The predicted molar refractivity (Wildman–Crippen MR) is 67.2 cm³/mol. The Bertz CT molecular complexity index is 796. The second kappa shape index (κ2) is 4.48. The van der Waals surface area contributed by atoms with Crippen LogP contribution in [0.2, 0.25) is 0 Å². The maximum atomic E-state index is 13.6. The molecule has 0 saturated heterocycles. The fraction of sp³-hybridized carbons (Fsp3) is 0.267. The Morgan fingerprint density at radius 2 is 1.67 bits per heavy atom. The molecule has 0 unspecified atom stereocenters. The van der Waals surface area contributed by atoms with E-state index in [0.29, 0.717) is 11.1 Å². The molecular weight excluding hydrogens is 232 g/mol. The van der Waals surface area contributed by atoms with Gasteiger partial charge in [-0.3, -0.25) is 0 Å². The van der Waals surface area contributed by atoms with E-state index < -0.39 is 25.3 Å².